The number of methoxy groups -OCH3 is 2. The molecule has 0 saturated heterocycles. The molecule has 1 aromatic heterocycles. The van der Waals surface area contributed by atoms with Gasteiger partial charge in [-0.05, 0) is 49.3 Å². The van der Waals surface area contributed by atoms with Crippen LogP contribution in [0.3, 0.4) is 0 Å². The first-order valence-corrected chi connectivity index (χ1v) is 8.76. The molecule has 1 unspecified atom stereocenters. The summed E-state index contributed by atoms with van der Waals surface area (Å²) in [5.74, 6) is 1.92. The van der Waals surface area contributed by atoms with Crippen LogP contribution >= 0.6 is 11.5 Å². The predicted octanol–water partition coefficient (Wildman–Crippen LogP) is 3.00. The molecule has 1 atom stereocenters. The molecule has 0 aliphatic heterocycles. The number of carbonyl (C=O) groups is 1. The van der Waals surface area contributed by atoms with Crippen LogP contribution in [0.2, 0.25) is 0 Å². The Kier molecular flexibility index (Phi) is 4.99. The van der Waals surface area contributed by atoms with E-state index in [9.17, 15) is 4.79 Å². The van der Waals surface area contributed by atoms with Crippen LogP contribution in [-0.4, -0.2) is 40.7 Å². The second-order valence-electron chi connectivity index (χ2n) is 5.98. The van der Waals surface area contributed by atoms with Gasteiger partial charge in [0.25, 0.3) is 5.91 Å². The highest BCUT2D eigenvalue weighted by Crippen LogP contribution is 2.37. The highest BCUT2D eigenvalue weighted by molar-refractivity contribution is 7.03. The van der Waals surface area contributed by atoms with Gasteiger partial charge in [-0.25, -0.2) is 0 Å². The fourth-order valence-corrected chi connectivity index (χ4v) is 3.23. The van der Waals surface area contributed by atoms with Crippen molar-refractivity contribution in [1.29, 1.82) is 0 Å². The minimum atomic E-state index is -0.0824. The van der Waals surface area contributed by atoms with Crippen molar-refractivity contribution in [2.45, 2.75) is 32.4 Å². The lowest BCUT2D eigenvalue weighted by atomic mass is 10.1. The van der Waals surface area contributed by atoms with Crippen LogP contribution in [0, 0.1) is 5.92 Å². The first kappa shape index (κ1) is 16.7. The number of aromatic nitrogens is 2. The molecule has 1 aliphatic rings. The zero-order valence-corrected chi connectivity index (χ0v) is 14.9. The molecule has 0 bridgehead atoms. The Morgan fingerprint density at radius 2 is 2.17 bits per heavy atom. The van der Waals surface area contributed by atoms with Crippen molar-refractivity contribution in [3.05, 3.63) is 34.8 Å². The summed E-state index contributed by atoms with van der Waals surface area (Å²) in [7, 11) is 3.24. The Labute approximate surface area is 145 Å². The lowest BCUT2D eigenvalue weighted by Gasteiger charge is -2.29. The van der Waals surface area contributed by atoms with Crippen molar-refractivity contribution in [1.82, 2.24) is 14.5 Å². The number of rotatable bonds is 7. The number of hydrogen-bond acceptors (Lipinski definition) is 6. The molecule has 0 spiro atoms. The van der Waals surface area contributed by atoms with E-state index in [4.69, 9.17) is 9.47 Å². The molecule has 6 nitrogen and oxygen atoms in total. The summed E-state index contributed by atoms with van der Waals surface area (Å²) in [6.45, 7) is 2.58. The fourth-order valence-electron chi connectivity index (χ4n) is 2.80. The first-order valence-electron chi connectivity index (χ1n) is 7.93. The van der Waals surface area contributed by atoms with E-state index in [-0.39, 0.29) is 11.9 Å². The van der Waals surface area contributed by atoms with E-state index in [0.717, 1.165) is 11.3 Å². The van der Waals surface area contributed by atoms with E-state index < -0.39 is 0 Å². The SMILES string of the molecule is COc1ccc(CN(C(=O)c2csnn2)C(C)C2CC2)c(OC)c1. The Balaban J connectivity index is 1.87. The summed E-state index contributed by atoms with van der Waals surface area (Å²) < 4.78 is 14.5. The molecule has 1 aliphatic carbocycles. The molecule has 1 heterocycles. The van der Waals surface area contributed by atoms with Gasteiger partial charge >= 0.3 is 0 Å². The molecular formula is C17H21N3O3S. The molecule has 7 heteroatoms. The number of hydrogen-bond donors (Lipinski definition) is 0. The zero-order chi connectivity index (χ0) is 17.1. The van der Waals surface area contributed by atoms with Crippen LogP contribution in [0.1, 0.15) is 35.8 Å². The second kappa shape index (κ2) is 7.17. The summed E-state index contributed by atoms with van der Waals surface area (Å²) in [6.07, 6.45) is 2.33. The third-order valence-electron chi connectivity index (χ3n) is 4.47. The third kappa shape index (κ3) is 3.51. The van der Waals surface area contributed by atoms with E-state index in [1.165, 1.54) is 24.4 Å². The van der Waals surface area contributed by atoms with Crippen LogP contribution in [0.5, 0.6) is 11.5 Å². The summed E-state index contributed by atoms with van der Waals surface area (Å²) in [5.41, 5.74) is 1.35. The Morgan fingerprint density at radius 1 is 1.38 bits per heavy atom. The zero-order valence-electron chi connectivity index (χ0n) is 14.1. The second-order valence-corrected chi connectivity index (χ2v) is 6.59. The lowest BCUT2D eigenvalue weighted by molar-refractivity contribution is 0.0646. The minimum Gasteiger partial charge on any atom is -0.497 e. The largest absolute Gasteiger partial charge is 0.497 e. The molecule has 1 saturated carbocycles. The van der Waals surface area contributed by atoms with Crippen LogP contribution < -0.4 is 9.47 Å². The van der Waals surface area contributed by atoms with Crippen LogP contribution in [0.15, 0.2) is 23.6 Å². The van der Waals surface area contributed by atoms with E-state index in [0.29, 0.717) is 23.9 Å². The smallest absolute Gasteiger partial charge is 0.275 e. The third-order valence-corrected chi connectivity index (χ3v) is 4.98. The maximum atomic E-state index is 12.9. The van der Waals surface area contributed by atoms with E-state index in [2.05, 4.69) is 16.5 Å². The summed E-state index contributed by atoms with van der Waals surface area (Å²) in [5, 5.41) is 5.63. The van der Waals surface area contributed by atoms with Gasteiger partial charge in [0, 0.05) is 29.6 Å². The minimum absolute atomic E-state index is 0.0824. The molecule has 24 heavy (non-hydrogen) atoms. The van der Waals surface area contributed by atoms with Crippen molar-refractivity contribution in [2.24, 2.45) is 5.92 Å². The van der Waals surface area contributed by atoms with E-state index >= 15 is 0 Å². The van der Waals surface area contributed by atoms with Gasteiger partial charge in [0.15, 0.2) is 5.69 Å². The molecule has 3 rings (SSSR count). The Bertz CT molecular complexity index is 701. The van der Waals surface area contributed by atoms with Gasteiger partial charge < -0.3 is 14.4 Å². The summed E-state index contributed by atoms with van der Waals surface area (Å²) in [4.78, 5) is 14.7. The number of benzene rings is 1. The van der Waals surface area contributed by atoms with Crippen molar-refractivity contribution in [2.75, 3.05) is 14.2 Å². The normalized spacial score (nSPS) is 15.0. The van der Waals surface area contributed by atoms with Gasteiger partial charge in [0.2, 0.25) is 0 Å². The molecule has 0 radical (unpaired) electrons. The standard InChI is InChI=1S/C17H21N3O3S/c1-11(12-4-5-12)20(17(21)15-10-24-19-18-15)9-13-6-7-14(22-2)8-16(13)23-3/h6-8,10-12H,4-5,9H2,1-3H3. The number of ether oxygens (including phenoxy) is 2. The van der Waals surface area contributed by atoms with Crippen molar-refractivity contribution < 1.29 is 14.3 Å². The lowest BCUT2D eigenvalue weighted by Crippen LogP contribution is -2.39. The van der Waals surface area contributed by atoms with Gasteiger partial charge in [-0.1, -0.05) is 4.49 Å². The van der Waals surface area contributed by atoms with Crippen LogP contribution in [0.4, 0.5) is 0 Å². The van der Waals surface area contributed by atoms with Gasteiger partial charge in [0.1, 0.15) is 11.5 Å². The summed E-state index contributed by atoms with van der Waals surface area (Å²) >= 11 is 1.19. The number of amides is 1. The average molecular weight is 347 g/mol. The highest BCUT2D eigenvalue weighted by atomic mass is 32.1. The van der Waals surface area contributed by atoms with Gasteiger partial charge in [-0.3, -0.25) is 4.79 Å². The topological polar surface area (TPSA) is 64.5 Å². The van der Waals surface area contributed by atoms with Gasteiger partial charge in [-0.2, -0.15) is 0 Å². The van der Waals surface area contributed by atoms with Gasteiger partial charge in [-0.15, -0.1) is 5.10 Å². The Hall–Kier alpha value is -2.15. The summed E-state index contributed by atoms with van der Waals surface area (Å²) in [6, 6.07) is 5.82. The molecule has 0 N–H and O–H groups in total. The molecule has 1 aromatic carbocycles. The maximum Gasteiger partial charge on any atom is 0.275 e. The van der Waals surface area contributed by atoms with Crippen molar-refractivity contribution >= 4 is 17.4 Å². The molecule has 128 valence electrons. The molecular weight excluding hydrogens is 326 g/mol. The first-order chi connectivity index (χ1) is 11.6. The molecule has 2 aromatic rings. The molecule has 1 amide bonds. The average Bonchev–Trinajstić information content (AvgIpc) is 3.32. The molecule has 1 fully saturated rings. The number of nitrogens with zero attached hydrogens (tertiary/aromatic N) is 3. The Morgan fingerprint density at radius 3 is 2.75 bits per heavy atom. The van der Waals surface area contributed by atoms with Crippen molar-refractivity contribution in [3.63, 3.8) is 0 Å². The predicted molar refractivity (Wildman–Crippen MR) is 91.5 cm³/mol. The van der Waals surface area contributed by atoms with Crippen LogP contribution in [0.25, 0.3) is 0 Å². The maximum absolute atomic E-state index is 12.9. The number of carbonyl (C=O) groups excluding carboxylic acids is 1. The fraction of sp³-hybridized carbons (Fsp3) is 0.471. The van der Waals surface area contributed by atoms with E-state index in [1.54, 1.807) is 19.6 Å². The van der Waals surface area contributed by atoms with E-state index in [1.807, 2.05) is 23.1 Å². The van der Waals surface area contributed by atoms with Gasteiger partial charge in [0.05, 0.1) is 14.2 Å². The highest BCUT2D eigenvalue weighted by Gasteiger charge is 2.35. The monoisotopic (exact) mass is 347 g/mol. The van der Waals surface area contributed by atoms with Crippen molar-refractivity contribution in [3.8, 4) is 11.5 Å². The van der Waals surface area contributed by atoms with Crippen LogP contribution in [-0.2, 0) is 6.54 Å². The quantitative estimate of drug-likeness (QED) is 0.770.